The van der Waals surface area contributed by atoms with Crippen molar-refractivity contribution in [3.8, 4) is 0 Å². The lowest BCUT2D eigenvalue weighted by Gasteiger charge is -2.01. The molecule has 1 atom stereocenters. The molecule has 1 fully saturated rings. The van der Waals surface area contributed by atoms with Gasteiger partial charge >= 0.3 is 0 Å². The molecule has 1 aliphatic heterocycles. The third-order valence-electron chi connectivity index (χ3n) is 3.49. The molecular formula is C15H26O. The predicted octanol–water partition coefficient (Wildman–Crippen LogP) is 4.64. The van der Waals surface area contributed by atoms with Crippen LogP contribution in [0.4, 0.5) is 0 Å². The number of ether oxygens (including phenoxy) is 1. The van der Waals surface area contributed by atoms with Crippen LogP contribution in [0.1, 0.15) is 60.3 Å². The highest BCUT2D eigenvalue weighted by molar-refractivity contribution is 5.05. The summed E-state index contributed by atoms with van der Waals surface area (Å²) in [6.45, 7) is 10.9. The van der Waals surface area contributed by atoms with Gasteiger partial charge in [-0.25, -0.2) is 0 Å². The number of hydrogen-bond donors (Lipinski definition) is 0. The van der Waals surface area contributed by atoms with Crippen molar-refractivity contribution in [2.24, 2.45) is 0 Å². The van der Waals surface area contributed by atoms with Crippen molar-refractivity contribution in [3.63, 3.8) is 0 Å². The molecule has 0 bridgehead atoms. The molecule has 0 spiro atoms. The van der Waals surface area contributed by atoms with Gasteiger partial charge in [-0.05, 0) is 60.3 Å². The summed E-state index contributed by atoms with van der Waals surface area (Å²) in [7, 11) is 0. The zero-order valence-electron chi connectivity index (χ0n) is 11.5. The highest BCUT2D eigenvalue weighted by Crippen LogP contribution is 2.38. The molecule has 16 heavy (non-hydrogen) atoms. The standard InChI is InChI=1S/C15H26O/c1-6-12(2)8-7-9-13(3)10-11-14-15(4,5)16-14/h6,9,14H,7-8,10-11H2,1-5H3/b12-6+,13-9+. The molecule has 0 aromatic rings. The van der Waals surface area contributed by atoms with Crippen LogP contribution < -0.4 is 0 Å². The first-order valence-corrected chi connectivity index (χ1v) is 6.41. The van der Waals surface area contributed by atoms with Crippen LogP contribution in [0.3, 0.4) is 0 Å². The zero-order valence-corrected chi connectivity index (χ0v) is 11.5. The summed E-state index contributed by atoms with van der Waals surface area (Å²) in [6.07, 6.45) is 9.80. The second kappa shape index (κ2) is 5.67. The second-order valence-electron chi connectivity index (χ2n) is 5.47. The van der Waals surface area contributed by atoms with Gasteiger partial charge in [0.15, 0.2) is 0 Å². The Morgan fingerprint density at radius 2 is 1.81 bits per heavy atom. The highest BCUT2D eigenvalue weighted by atomic mass is 16.6. The Balaban J connectivity index is 2.15. The van der Waals surface area contributed by atoms with Crippen molar-refractivity contribution in [3.05, 3.63) is 23.3 Å². The van der Waals surface area contributed by atoms with Gasteiger partial charge in [-0.2, -0.15) is 0 Å². The van der Waals surface area contributed by atoms with Gasteiger partial charge in [-0.15, -0.1) is 0 Å². The third-order valence-corrected chi connectivity index (χ3v) is 3.49. The first-order chi connectivity index (χ1) is 7.45. The minimum absolute atomic E-state index is 0.155. The lowest BCUT2D eigenvalue weighted by molar-refractivity contribution is 0.320. The Morgan fingerprint density at radius 1 is 1.19 bits per heavy atom. The van der Waals surface area contributed by atoms with Gasteiger partial charge in [0, 0.05) is 0 Å². The van der Waals surface area contributed by atoms with Crippen LogP contribution in [-0.2, 0) is 4.74 Å². The molecule has 0 amide bonds. The number of hydrogen-bond acceptors (Lipinski definition) is 1. The van der Waals surface area contributed by atoms with E-state index in [1.54, 1.807) is 0 Å². The van der Waals surface area contributed by atoms with E-state index in [0.717, 1.165) is 0 Å². The molecule has 1 heterocycles. The molecule has 1 saturated heterocycles. The summed E-state index contributed by atoms with van der Waals surface area (Å²) in [5.41, 5.74) is 3.15. The van der Waals surface area contributed by atoms with Gasteiger partial charge in [0.1, 0.15) is 0 Å². The van der Waals surface area contributed by atoms with E-state index in [9.17, 15) is 0 Å². The van der Waals surface area contributed by atoms with Crippen molar-refractivity contribution in [1.82, 2.24) is 0 Å². The van der Waals surface area contributed by atoms with E-state index in [1.807, 2.05) is 0 Å². The molecule has 0 aromatic carbocycles. The van der Waals surface area contributed by atoms with Crippen molar-refractivity contribution >= 4 is 0 Å². The van der Waals surface area contributed by atoms with E-state index in [1.165, 1.54) is 36.8 Å². The molecule has 1 rings (SSSR count). The number of epoxide rings is 1. The smallest absolute Gasteiger partial charge is 0.0892 e. The monoisotopic (exact) mass is 222 g/mol. The summed E-state index contributed by atoms with van der Waals surface area (Å²) in [5, 5.41) is 0. The summed E-state index contributed by atoms with van der Waals surface area (Å²) < 4.78 is 5.58. The first-order valence-electron chi connectivity index (χ1n) is 6.41. The highest BCUT2D eigenvalue weighted by Gasteiger charge is 2.46. The van der Waals surface area contributed by atoms with E-state index in [-0.39, 0.29) is 5.60 Å². The van der Waals surface area contributed by atoms with E-state index < -0.39 is 0 Å². The van der Waals surface area contributed by atoms with E-state index >= 15 is 0 Å². The fourth-order valence-corrected chi connectivity index (χ4v) is 1.89. The van der Waals surface area contributed by atoms with Gasteiger partial charge in [-0.3, -0.25) is 0 Å². The van der Waals surface area contributed by atoms with Crippen molar-refractivity contribution in [2.75, 3.05) is 0 Å². The molecule has 0 saturated carbocycles. The molecule has 92 valence electrons. The Labute approximate surface area is 101 Å². The van der Waals surface area contributed by atoms with Gasteiger partial charge < -0.3 is 4.74 Å². The molecule has 1 unspecified atom stereocenters. The number of rotatable bonds is 6. The maximum absolute atomic E-state index is 5.58. The normalized spacial score (nSPS) is 24.7. The molecule has 1 heteroatoms. The summed E-state index contributed by atoms with van der Waals surface area (Å²) in [4.78, 5) is 0. The van der Waals surface area contributed by atoms with E-state index in [2.05, 4.69) is 46.8 Å². The van der Waals surface area contributed by atoms with Crippen LogP contribution in [0.5, 0.6) is 0 Å². The average molecular weight is 222 g/mol. The topological polar surface area (TPSA) is 12.5 Å². The fraction of sp³-hybridized carbons (Fsp3) is 0.733. The lowest BCUT2D eigenvalue weighted by Crippen LogP contribution is -2.02. The van der Waals surface area contributed by atoms with Gasteiger partial charge in [0.2, 0.25) is 0 Å². The first kappa shape index (κ1) is 13.5. The lowest BCUT2D eigenvalue weighted by atomic mass is 10.0. The fourth-order valence-electron chi connectivity index (χ4n) is 1.89. The molecular weight excluding hydrogens is 196 g/mol. The van der Waals surface area contributed by atoms with Crippen LogP contribution in [0.15, 0.2) is 23.3 Å². The largest absolute Gasteiger partial charge is 0.367 e. The summed E-state index contributed by atoms with van der Waals surface area (Å²) in [6, 6.07) is 0. The quantitative estimate of drug-likeness (QED) is 0.471. The number of allylic oxidation sites excluding steroid dienone is 4. The van der Waals surface area contributed by atoms with Crippen molar-refractivity contribution < 1.29 is 4.74 Å². The van der Waals surface area contributed by atoms with Crippen molar-refractivity contribution in [1.29, 1.82) is 0 Å². The predicted molar refractivity (Wildman–Crippen MR) is 70.6 cm³/mol. The Kier molecular flexibility index (Phi) is 4.79. The van der Waals surface area contributed by atoms with E-state index in [4.69, 9.17) is 4.74 Å². The van der Waals surface area contributed by atoms with Crippen LogP contribution in [0, 0.1) is 0 Å². The SMILES string of the molecule is C/C=C(\C)CC/C=C(\C)CCC1OC1(C)C. The molecule has 0 N–H and O–H groups in total. The molecule has 0 radical (unpaired) electrons. The third kappa shape index (κ3) is 4.52. The van der Waals surface area contributed by atoms with Crippen molar-refractivity contribution in [2.45, 2.75) is 72.0 Å². The average Bonchev–Trinajstić information content (AvgIpc) is 2.83. The minimum atomic E-state index is 0.155. The zero-order chi connectivity index (χ0) is 12.2. The Hall–Kier alpha value is -0.560. The van der Waals surface area contributed by atoms with Gasteiger partial charge in [0.25, 0.3) is 0 Å². The van der Waals surface area contributed by atoms with Gasteiger partial charge in [0.05, 0.1) is 11.7 Å². The second-order valence-corrected chi connectivity index (χ2v) is 5.47. The maximum Gasteiger partial charge on any atom is 0.0892 e. The Bertz CT molecular complexity index is 284. The molecule has 0 aliphatic carbocycles. The molecule has 1 nitrogen and oxygen atoms in total. The molecule has 0 aromatic heterocycles. The minimum Gasteiger partial charge on any atom is -0.367 e. The Morgan fingerprint density at radius 3 is 2.31 bits per heavy atom. The van der Waals surface area contributed by atoms with E-state index in [0.29, 0.717) is 6.10 Å². The maximum atomic E-state index is 5.58. The van der Waals surface area contributed by atoms with Gasteiger partial charge in [-0.1, -0.05) is 23.3 Å². The molecule has 1 aliphatic rings. The summed E-state index contributed by atoms with van der Waals surface area (Å²) in [5.74, 6) is 0. The van der Waals surface area contributed by atoms with Crippen LogP contribution in [0.25, 0.3) is 0 Å². The van der Waals surface area contributed by atoms with Crippen LogP contribution in [-0.4, -0.2) is 11.7 Å². The van der Waals surface area contributed by atoms with Crippen LogP contribution in [0.2, 0.25) is 0 Å². The van der Waals surface area contributed by atoms with Crippen LogP contribution >= 0.6 is 0 Å². The summed E-state index contributed by atoms with van der Waals surface area (Å²) >= 11 is 0.